The van der Waals surface area contributed by atoms with Crippen LogP contribution in [0.5, 0.6) is 0 Å². The molecule has 0 amide bonds. The molecular weight excluding hydrogens is 343 g/mol. The maximum absolute atomic E-state index is 12.9. The van der Waals surface area contributed by atoms with Gasteiger partial charge in [0, 0.05) is 0 Å². The van der Waals surface area contributed by atoms with Crippen molar-refractivity contribution >= 4 is 25.2 Å². The van der Waals surface area contributed by atoms with E-state index in [4.69, 9.17) is 9.84 Å². The van der Waals surface area contributed by atoms with Crippen molar-refractivity contribution in [3.63, 3.8) is 0 Å². The molecule has 1 heterocycles. The Kier molecular flexibility index (Phi) is 5.06. The fourth-order valence-corrected chi connectivity index (χ4v) is 5.23. The minimum absolute atomic E-state index is 0.0357. The van der Waals surface area contributed by atoms with Crippen molar-refractivity contribution in [2.75, 3.05) is 13.2 Å². The van der Waals surface area contributed by atoms with Gasteiger partial charge < -0.3 is 0 Å². The van der Waals surface area contributed by atoms with Gasteiger partial charge in [-0.2, -0.15) is 0 Å². The van der Waals surface area contributed by atoms with E-state index in [1.54, 1.807) is 0 Å². The summed E-state index contributed by atoms with van der Waals surface area (Å²) < 4.78 is 7.03. The number of ketones is 1. The number of ether oxygens (including phenoxy) is 1. The molecule has 0 radical (unpaired) electrons. The van der Waals surface area contributed by atoms with E-state index in [0.717, 1.165) is 16.4 Å². The molecule has 0 unspecified atom stereocenters. The van der Waals surface area contributed by atoms with Gasteiger partial charge in [-0.15, -0.1) is 0 Å². The van der Waals surface area contributed by atoms with Crippen molar-refractivity contribution in [1.82, 2.24) is 0 Å². The molecule has 1 aliphatic heterocycles. The van der Waals surface area contributed by atoms with Gasteiger partial charge in [0.15, 0.2) is 0 Å². The second kappa shape index (κ2) is 7.21. The van der Waals surface area contributed by atoms with Gasteiger partial charge in [-0.05, 0) is 0 Å². The summed E-state index contributed by atoms with van der Waals surface area (Å²) >= 11 is 0.283. The van der Waals surface area contributed by atoms with E-state index in [-0.39, 0.29) is 46.0 Å². The van der Waals surface area contributed by atoms with Crippen LogP contribution in [-0.4, -0.2) is 39.1 Å². The molecule has 1 N–H and O–H groups in total. The molecule has 0 spiro atoms. The van der Waals surface area contributed by atoms with E-state index >= 15 is 0 Å². The molecule has 2 aromatic carbocycles. The number of fused-ring (bicyclic) bond motifs is 1. The molecule has 2 aromatic rings. The van der Waals surface area contributed by atoms with Crippen LogP contribution in [-0.2, 0) is 4.74 Å². The summed E-state index contributed by atoms with van der Waals surface area (Å²) in [6, 6.07) is 17.7. The van der Waals surface area contributed by atoms with Gasteiger partial charge >= 0.3 is 136 Å². The number of benzene rings is 2. The van der Waals surface area contributed by atoms with E-state index in [0.29, 0.717) is 0 Å². The molecule has 0 bridgehead atoms. The van der Waals surface area contributed by atoms with Gasteiger partial charge in [-0.1, -0.05) is 0 Å². The third kappa shape index (κ3) is 3.16. The molecule has 1 aliphatic rings. The van der Waals surface area contributed by atoms with E-state index in [2.05, 4.69) is 6.07 Å². The van der Waals surface area contributed by atoms with Crippen molar-refractivity contribution in [2.24, 2.45) is 5.92 Å². The van der Waals surface area contributed by atoms with Gasteiger partial charge in [-0.25, -0.2) is 0 Å². The van der Waals surface area contributed by atoms with Crippen LogP contribution in [0.2, 0.25) is 5.32 Å². The fourth-order valence-electron chi connectivity index (χ4n) is 2.74. The maximum atomic E-state index is 12.9. The average Bonchev–Trinajstić information content (AvgIpc) is 2.58. The zero-order valence-corrected chi connectivity index (χ0v) is 13.9. The van der Waals surface area contributed by atoms with E-state index < -0.39 is 0 Å². The summed E-state index contributed by atoms with van der Waals surface area (Å²) in [5, 5.41) is 9.92. The Hall–Kier alpha value is -1.45. The zero-order chi connectivity index (χ0) is 15.4. The molecule has 4 heteroatoms. The van der Waals surface area contributed by atoms with E-state index in [9.17, 15) is 4.79 Å². The molecule has 0 saturated heterocycles. The van der Waals surface area contributed by atoms with Crippen LogP contribution in [0.4, 0.5) is 0 Å². The number of Topliss-reactive ketones (excluding diaryl/α,β-unsaturated/α-hetero) is 1. The van der Waals surface area contributed by atoms with Crippen molar-refractivity contribution in [1.29, 1.82) is 0 Å². The first-order valence-electron chi connectivity index (χ1n) is 7.34. The minimum atomic E-state index is -0.281. The van der Waals surface area contributed by atoms with Crippen LogP contribution in [0, 0.1) is 5.92 Å². The molecule has 0 aromatic heterocycles. The summed E-state index contributed by atoms with van der Waals surface area (Å²) in [5.41, 5.74) is 1.84. The molecule has 2 atom stereocenters. The third-order valence-corrected chi connectivity index (χ3v) is 6.29. The Balaban J connectivity index is 1.90. The predicted octanol–water partition coefficient (Wildman–Crippen LogP) is 2.00. The van der Waals surface area contributed by atoms with Crippen molar-refractivity contribution in [3.05, 3.63) is 65.7 Å². The van der Waals surface area contributed by atoms with Crippen molar-refractivity contribution in [3.8, 4) is 0 Å². The average molecular weight is 361 g/mol. The molecule has 22 heavy (non-hydrogen) atoms. The number of rotatable bonds is 5. The Morgan fingerprint density at radius 3 is 2.64 bits per heavy atom. The van der Waals surface area contributed by atoms with Gasteiger partial charge in [-0.3, -0.25) is 0 Å². The van der Waals surface area contributed by atoms with Crippen LogP contribution in [0.15, 0.2) is 54.6 Å². The Bertz CT molecular complexity index is 642. The Labute approximate surface area is 136 Å². The molecule has 3 rings (SSSR count). The molecule has 0 fully saturated rings. The van der Waals surface area contributed by atoms with Crippen molar-refractivity contribution in [2.45, 2.75) is 11.4 Å². The monoisotopic (exact) mass is 362 g/mol. The molecule has 3 nitrogen and oxygen atoms in total. The summed E-state index contributed by atoms with van der Waals surface area (Å²) in [6.45, 7) is 0.212. The van der Waals surface area contributed by atoms with Crippen LogP contribution in [0.3, 0.4) is 0 Å². The number of carbonyl (C=O) groups is 1. The van der Waals surface area contributed by atoms with Crippen LogP contribution in [0.25, 0.3) is 0 Å². The molecule has 0 aliphatic carbocycles. The first-order chi connectivity index (χ1) is 10.8. The molecule has 114 valence electrons. The van der Waals surface area contributed by atoms with Crippen molar-refractivity contribution < 1.29 is 14.6 Å². The topological polar surface area (TPSA) is 46.5 Å². The van der Waals surface area contributed by atoms with Gasteiger partial charge in [0.1, 0.15) is 0 Å². The second-order valence-corrected chi connectivity index (χ2v) is 7.43. The van der Waals surface area contributed by atoms with Gasteiger partial charge in [0.2, 0.25) is 0 Å². The molecular formula is C18H18O3Se. The standard InChI is InChI=1S/C18H18O3Se/c19-10-11-21-18(13-6-2-1-3-7-13)15-12-22-16-9-5-4-8-14(16)17(15)20/h1-9,15,18-19H,10-12H2/t15-,18-/m1/s1. The number of carbonyl (C=O) groups excluding carboxylic acids is 1. The van der Waals surface area contributed by atoms with E-state index in [1.165, 1.54) is 4.46 Å². The SMILES string of the molecule is O=C1c2ccccc2[Se]C[C@H]1[C@H](OCCO)c1ccccc1. The number of aliphatic hydroxyl groups excluding tert-OH is 1. The summed E-state index contributed by atoms with van der Waals surface area (Å²) in [5.74, 6) is -0.000585. The number of aliphatic hydroxyl groups is 1. The summed E-state index contributed by atoms with van der Waals surface area (Å²) in [7, 11) is 0. The number of hydrogen-bond acceptors (Lipinski definition) is 3. The molecule has 0 saturated carbocycles. The summed E-state index contributed by atoms with van der Waals surface area (Å²) in [4.78, 5) is 12.9. The summed E-state index contributed by atoms with van der Waals surface area (Å²) in [6.07, 6.45) is -0.281. The first kappa shape index (κ1) is 15.4. The van der Waals surface area contributed by atoms with Crippen LogP contribution >= 0.6 is 0 Å². The van der Waals surface area contributed by atoms with Crippen LogP contribution < -0.4 is 4.46 Å². The van der Waals surface area contributed by atoms with Gasteiger partial charge in [0.25, 0.3) is 0 Å². The second-order valence-electron chi connectivity index (χ2n) is 5.20. The fraction of sp³-hybridized carbons (Fsp3) is 0.278. The zero-order valence-electron chi connectivity index (χ0n) is 12.1. The Morgan fingerprint density at radius 2 is 1.86 bits per heavy atom. The third-order valence-electron chi connectivity index (χ3n) is 3.79. The Morgan fingerprint density at radius 1 is 1.14 bits per heavy atom. The normalized spacial score (nSPS) is 18.8. The van der Waals surface area contributed by atoms with Crippen LogP contribution in [0.1, 0.15) is 22.0 Å². The van der Waals surface area contributed by atoms with E-state index in [1.807, 2.05) is 48.5 Å². The first-order valence-corrected chi connectivity index (χ1v) is 9.41. The van der Waals surface area contributed by atoms with Gasteiger partial charge in [0.05, 0.1) is 0 Å². The number of hydrogen-bond donors (Lipinski definition) is 1. The predicted molar refractivity (Wildman–Crippen MR) is 86.7 cm³/mol. The quantitative estimate of drug-likeness (QED) is 0.829.